The van der Waals surface area contributed by atoms with E-state index in [9.17, 15) is 0 Å². The topological polar surface area (TPSA) is 44.6 Å². The maximum atomic E-state index is 4.18. The quantitative estimate of drug-likeness (QED) is 0.711. The van der Waals surface area contributed by atoms with Gasteiger partial charge >= 0.3 is 12.3 Å². The van der Waals surface area contributed by atoms with Crippen molar-refractivity contribution in [1.82, 2.24) is 10.1 Å². The number of rotatable bonds is 3. The third-order valence-electron chi connectivity index (χ3n) is 1.91. The van der Waals surface area contributed by atoms with Crippen LogP contribution < -0.4 is 10.00 Å². The van der Waals surface area contributed by atoms with Gasteiger partial charge in [0.15, 0.2) is 5.69 Å². The smallest absolute Gasteiger partial charge is 0.332 e. The minimum Gasteiger partial charge on any atom is -0.332 e. The van der Waals surface area contributed by atoms with Crippen molar-refractivity contribution in [2.75, 3.05) is 11.9 Å². The lowest BCUT2D eigenvalue weighted by atomic mass is 10.3. The molecule has 1 aromatic carbocycles. The summed E-state index contributed by atoms with van der Waals surface area (Å²) >= 11 is 0. The molecule has 1 aromatic heterocycles. The van der Waals surface area contributed by atoms with Crippen LogP contribution in [-0.2, 0) is 0 Å². The van der Waals surface area contributed by atoms with E-state index in [1.165, 1.54) is 0 Å². The van der Waals surface area contributed by atoms with Gasteiger partial charge in [-0.2, -0.15) is 5.10 Å². The molecule has 0 unspecified atom stereocenters. The second-order valence-corrected chi connectivity index (χ2v) is 2.94. The van der Waals surface area contributed by atoms with Crippen LogP contribution in [0.5, 0.6) is 0 Å². The molecule has 14 heavy (non-hydrogen) atoms. The molecule has 0 aliphatic heterocycles. The first kappa shape index (κ1) is 8.74. The lowest BCUT2D eigenvalue weighted by Crippen LogP contribution is -2.31. The number of para-hydroxylation sites is 1. The molecular weight excluding hydrogens is 176 g/mol. The number of anilines is 1. The summed E-state index contributed by atoms with van der Waals surface area (Å²) in [5, 5.41) is 6.23. The van der Waals surface area contributed by atoms with Gasteiger partial charge in [-0.05, 0) is 24.0 Å². The fraction of sp³-hybridized carbons (Fsp3) is 0.200. The Morgan fingerprint density at radius 1 is 1.36 bits per heavy atom. The highest BCUT2D eigenvalue weighted by Gasteiger charge is 2.07. The lowest BCUT2D eigenvalue weighted by molar-refractivity contribution is -0.655. The molecule has 0 bridgehead atoms. The number of hydrogen-bond acceptors (Lipinski definition) is 2. The van der Waals surface area contributed by atoms with E-state index in [1.54, 1.807) is 6.33 Å². The molecule has 0 amide bonds. The van der Waals surface area contributed by atoms with Crippen LogP contribution in [0.4, 0.5) is 5.95 Å². The van der Waals surface area contributed by atoms with Gasteiger partial charge in [-0.15, -0.1) is 4.68 Å². The second-order valence-electron chi connectivity index (χ2n) is 2.94. The number of benzene rings is 1. The molecule has 4 heteroatoms. The molecule has 0 radical (unpaired) electrons. The Morgan fingerprint density at radius 3 is 2.86 bits per heavy atom. The van der Waals surface area contributed by atoms with E-state index in [2.05, 4.69) is 15.4 Å². The molecule has 0 saturated carbocycles. The summed E-state index contributed by atoms with van der Waals surface area (Å²) < 4.78 is 1.87. The molecule has 2 rings (SSSR count). The van der Waals surface area contributed by atoms with E-state index < -0.39 is 0 Å². The zero-order chi connectivity index (χ0) is 9.80. The van der Waals surface area contributed by atoms with Gasteiger partial charge in [-0.1, -0.05) is 18.2 Å². The first-order chi connectivity index (χ1) is 6.90. The highest BCUT2D eigenvalue weighted by molar-refractivity contribution is 5.23. The van der Waals surface area contributed by atoms with Gasteiger partial charge in [0.05, 0.1) is 0 Å². The molecule has 0 aliphatic carbocycles. The average Bonchev–Trinajstić information content (AvgIpc) is 2.68. The average molecular weight is 189 g/mol. The minimum absolute atomic E-state index is 0.788. The summed E-state index contributed by atoms with van der Waals surface area (Å²) in [6.45, 7) is 2.90. The summed E-state index contributed by atoms with van der Waals surface area (Å²) in [5.74, 6) is 0.788. The molecule has 2 N–H and O–H groups in total. The van der Waals surface area contributed by atoms with Gasteiger partial charge in [0.1, 0.15) is 0 Å². The van der Waals surface area contributed by atoms with E-state index in [-0.39, 0.29) is 0 Å². The zero-order valence-corrected chi connectivity index (χ0v) is 8.07. The van der Waals surface area contributed by atoms with Crippen LogP contribution in [0.2, 0.25) is 0 Å². The van der Waals surface area contributed by atoms with Crippen molar-refractivity contribution < 1.29 is 4.68 Å². The summed E-state index contributed by atoms with van der Waals surface area (Å²) in [7, 11) is 0. The van der Waals surface area contributed by atoms with Crippen molar-refractivity contribution in [1.29, 1.82) is 0 Å². The lowest BCUT2D eigenvalue weighted by Gasteiger charge is -1.92. The maximum absolute atomic E-state index is 4.18. The van der Waals surface area contributed by atoms with Crippen LogP contribution in [0.1, 0.15) is 6.92 Å². The molecule has 72 valence electrons. The van der Waals surface area contributed by atoms with E-state index in [0.29, 0.717) is 0 Å². The standard InChI is InChI=1S/C10H12N4/c1-2-11-10-12-8-14(13-10)9-6-4-3-5-7-9/h3-8H,2H2,1H3,(H,11,13)/p+1. The van der Waals surface area contributed by atoms with Crippen molar-refractivity contribution in [3.05, 3.63) is 36.7 Å². The molecule has 0 spiro atoms. The van der Waals surface area contributed by atoms with Gasteiger partial charge in [-0.3, -0.25) is 0 Å². The van der Waals surface area contributed by atoms with Crippen molar-refractivity contribution in [2.24, 2.45) is 0 Å². The fourth-order valence-corrected chi connectivity index (χ4v) is 1.26. The van der Waals surface area contributed by atoms with E-state index in [0.717, 1.165) is 18.2 Å². The second kappa shape index (κ2) is 3.91. The van der Waals surface area contributed by atoms with Crippen LogP contribution in [-0.4, -0.2) is 16.6 Å². The highest BCUT2D eigenvalue weighted by Crippen LogP contribution is 1.98. The number of aromatic nitrogens is 3. The highest BCUT2D eigenvalue weighted by atomic mass is 15.4. The Kier molecular flexibility index (Phi) is 2.44. The van der Waals surface area contributed by atoms with E-state index >= 15 is 0 Å². The maximum Gasteiger partial charge on any atom is 0.347 e. The largest absolute Gasteiger partial charge is 0.347 e. The predicted molar refractivity (Wildman–Crippen MR) is 54.3 cm³/mol. The Morgan fingerprint density at radius 2 is 2.14 bits per heavy atom. The van der Waals surface area contributed by atoms with Crippen molar-refractivity contribution in [3.63, 3.8) is 0 Å². The number of nitrogens with one attached hydrogen (secondary N) is 2. The molecule has 0 aliphatic rings. The van der Waals surface area contributed by atoms with Gasteiger partial charge < -0.3 is 5.32 Å². The Balaban J connectivity index is 2.25. The third-order valence-corrected chi connectivity index (χ3v) is 1.91. The Labute approximate surface area is 82.6 Å². The number of nitrogens with zero attached hydrogens (tertiary/aromatic N) is 2. The molecular formula is C10H13N4+. The van der Waals surface area contributed by atoms with Crippen LogP contribution in [0.3, 0.4) is 0 Å². The van der Waals surface area contributed by atoms with Gasteiger partial charge in [0.25, 0.3) is 0 Å². The SMILES string of the molecule is CCNc1nc[n+](-c2ccccc2)[nH]1. The van der Waals surface area contributed by atoms with Gasteiger partial charge in [0.2, 0.25) is 0 Å². The molecule has 4 nitrogen and oxygen atoms in total. The summed E-state index contributed by atoms with van der Waals surface area (Å²) in [6.07, 6.45) is 1.76. The fourth-order valence-electron chi connectivity index (χ4n) is 1.26. The molecule has 0 atom stereocenters. The predicted octanol–water partition coefficient (Wildman–Crippen LogP) is 1.12. The normalized spacial score (nSPS) is 10.1. The molecule has 0 fully saturated rings. The van der Waals surface area contributed by atoms with Crippen molar-refractivity contribution in [3.8, 4) is 5.69 Å². The van der Waals surface area contributed by atoms with Crippen LogP contribution >= 0.6 is 0 Å². The summed E-state index contributed by atoms with van der Waals surface area (Å²) in [6, 6.07) is 10.0. The van der Waals surface area contributed by atoms with Crippen LogP contribution in [0.25, 0.3) is 5.69 Å². The van der Waals surface area contributed by atoms with Gasteiger partial charge in [-0.25, -0.2) is 0 Å². The number of hydrogen-bond donors (Lipinski definition) is 2. The molecule has 1 heterocycles. The summed E-state index contributed by atoms with van der Waals surface area (Å²) in [4.78, 5) is 4.18. The Bertz CT molecular complexity index is 394. The van der Waals surface area contributed by atoms with Crippen molar-refractivity contribution >= 4 is 5.95 Å². The van der Waals surface area contributed by atoms with E-state index in [4.69, 9.17) is 0 Å². The monoisotopic (exact) mass is 189 g/mol. The van der Waals surface area contributed by atoms with Crippen LogP contribution in [0, 0.1) is 0 Å². The first-order valence-electron chi connectivity index (χ1n) is 4.66. The summed E-state index contributed by atoms with van der Waals surface area (Å²) in [5.41, 5.74) is 1.07. The molecule has 2 aromatic rings. The van der Waals surface area contributed by atoms with Crippen molar-refractivity contribution in [2.45, 2.75) is 6.92 Å². The first-order valence-corrected chi connectivity index (χ1v) is 4.66. The van der Waals surface area contributed by atoms with Crippen LogP contribution in [0.15, 0.2) is 36.7 Å². The zero-order valence-electron chi connectivity index (χ0n) is 8.07. The minimum atomic E-state index is 0.788. The Hall–Kier alpha value is -1.84. The third kappa shape index (κ3) is 1.74. The number of H-pyrrole nitrogens is 1. The molecule has 0 saturated heterocycles. The van der Waals surface area contributed by atoms with Gasteiger partial charge in [0, 0.05) is 6.54 Å². The number of aromatic amines is 1. The van der Waals surface area contributed by atoms with E-state index in [1.807, 2.05) is 41.9 Å².